The summed E-state index contributed by atoms with van der Waals surface area (Å²) in [7, 11) is -7.82. The Morgan fingerprint density at radius 3 is 1.76 bits per heavy atom. The average molecular weight is 286 g/mol. The van der Waals surface area contributed by atoms with E-state index in [1.165, 1.54) is 0 Å². The molecule has 0 rings (SSSR count). The molecule has 0 spiro atoms. The zero-order valence-electron chi connectivity index (χ0n) is 11.0. The Balaban J connectivity index is 5.70. The van der Waals surface area contributed by atoms with Crippen LogP contribution in [-0.4, -0.2) is 27.5 Å². The molecule has 0 aliphatic heterocycles. The van der Waals surface area contributed by atoms with Gasteiger partial charge in [0.25, 0.3) is 0 Å². The lowest BCUT2D eigenvalue weighted by atomic mass is 10.2. The third-order valence-electron chi connectivity index (χ3n) is 3.16. The molecule has 104 valence electrons. The molecule has 17 heavy (non-hydrogen) atoms. The lowest BCUT2D eigenvalue weighted by Crippen LogP contribution is -2.30. The predicted molar refractivity (Wildman–Crippen MR) is 69.7 cm³/mol. The van der Waals surface area contributed by atoms with Crippen molar-refractivity contribution in [2.75, 3.05) is 12.8 Å². The van der Waals surface area contributed by atoms with Crippen molar-refractivity contribution in [1.29, 1.82) is 0 Å². The van der Waals surface area contributed by atoms with Crippen LogP contribution in [0, 0.1) is 0 Å². The van der Waals surface area contributed by atoms with Crippen LogP contribution in [-0.2, 0) is 13.7 Å². The lowest BCUT2D eigenvalue weighted by molar-refractivity contribution is 0.294. The van der Waals surface area contributed by atoms with E-state index in [-0.39, 0.29) is 25.6 Å². The molecule has 7 heteroatoms. The van der Waals surface area contributed by atoms with Crippen molar-refractivity contribution in [3.05, 3.63) is 0 Å². The molecule has 1 unspecified atom stereocenters. The van der Waals surface area contributed by atoms with Gasteiger partial charge in [0.15, 0.2) is 0 Å². The number of rotatable bonds is 8. The van der Waals surface area contributed by atoms with Crippen molar-refractivity contribution in [2.24, 2.45) is 0 Å². The maximum Gasteiger partial charge on any atom is 0.341 e. The van der Waals surface area contributed by atoms with Crippen LogP contribution in [0.5, 0.6) is 0 Å². The van der Waals surface area contributed by atoms with E-state index in [0.717, 1.165) is 0 Å². The molecule has 0 aliphatic rings. The van der Waals surface area contributed by atoms with Gasteiger partial charge < -0.3 is 14.3 Å². The Morgan fingerprint density at radius 1 is 1.06 bits per heavy atom. The van der Waals surface area contributed by atoms with Crippen LogP contribution >= 0.6 is 15.0 Å². The van der Waals surface area contributed by atoms with Crippen molar-refractivity contribution < 1.29 is 23.4 Å². The highest BCUT2D eigenvalue weighted by Crippen LogP contribution is 2.76. The summed E-state index contributed by atoms with van der Waals surface area (Å²) >= 11 is 0. The first kappa shape index (κ1) is 17.3. The molecule has 0 radical (unpaired) electrons. The zero-order chi connectivity index (χ0) is 13.7. The quantitative estimate of drug-likeness (QED) is 0.668. The highest BCUT2D eigenvalue weighted by Gasteiger charge is 2.57. The second-order valence-electron chi connectivity index (χ2n) is 4.05. The molecule has 0 aromatic heterocycles. The van der Waals surface area contributed by atoms with Gasteiger partial charge in [-0.1, -0.05) is 20.8 Å². The van der Waals surface area contributed by atoms with Gasteiger partial charge in [-0.15, -0.1) is 0 Å². The van der Waals surface area contributed by atoms with Crippen LogP contribution in [0.4, 0.5) is 0 Å². The summed E-state index contributed by atoms with van der Waals surface area (Å²) in [5.74, 6) is 0. The highest BCUT2D eigenvalue weighted by molar-refractivity contribution is 7.76. The number of hydrogen-bond donors (Lipinski definition) is 2. The Labute approximate surface area is 104 Å². The van der Waals surface area contributed by atoms with Gasteiger partial charge in [0.1, 0.15) is 4.90 Å². The van der Waals surface area contributed by atoms with E-state index in [1.807, 2.05) is 6.92 Å². The van der Waals surface area contributed by atoms with Gasteiger partial charge in [0.05, 0.1) is 6.61 Å². The Bertz CT molecular complexity index is 309. The second kappa shape index (κ2) is 6.49. The van der Waals surface area contributed by atoms with Crippen LogP contribution in [0.25, 0.3) is 0 Å². The van der Waals surface area contributed by atoms with Crippen LogP contribution in [0.2, 0.25) is 0 Å². The summed E-state index contributed by atoms with van der Waals surface area (Å²) in [6.45, 7) is 7.05. The van der Waals surface area contributed by atoms with Gasteiger partial charge in [-0.3, -0.25) is 9.13 Å². The summed E-state index contributed by atoms with van der Waals surface area (Å²) in [5, 5.41) is 0. The molecule has 0 heterocycles. The fraction of sp³-hybridized carbons (Fsp3) is 1.00. The third kappa shape index (κ3) is 3.21. The summed E-state index contributed by atoms with van der Waals surface area (Å²) in [6.07, 6.45) is 1.11. The van der Waals surface area contributed by atoms with Gasteiger partial charge in [-0.25, -0.2) is 0 Å². The van der Waals surface area contributed by atoms with E-state index >= 15 is 0 Å². The van der Waals surface area contributed by atoms with Crippen molar-refractivity contribution in [2.45, 2.75) is 51.9 Å². The smallest absolute Gasteiger partial charge is 0.328 e. The molecular formula is C10H24O5P2. The molecule has 0 bridgehead atoms. The maximum absolute atomic E-state index is 12.8. The standard InChI is InChI=1S/C10H24O5P2/c1-5-9-16(11,15-8-4)10(6-2,7-3)17(12,13)14/h5-9H2,1-4H3,(H2,12,13,14). The topological polar surface area (TPSA) is 83.8 Å². The molecule has 1 atom stereocenters. The molecule has 5 nitrogen and oxygen atoms in total. The Hall–Kier alpha value is 0.340. The second-order valence-corrected chi connectivity index (χ2v) is 9.25. The van der Waals surface area contributed by atoms with E-state index in [1.54, 1.807) is 20.8 Å². The normalized spacial score (nSPS) is 16.8. The first-order valence-corrected chi connectivity index (χ1v) is 9.46. The van der Waals surface area contributed by atoms with Crippen molar-refractivity contribution in [3.63, 3.8) is 0 Å². The van der Waals surface area contributed by atoms with Crippen LogP contribution in [0.15, 0.2) is 0 Å². The molecule has 0 amide bonds. The molecule has 2 N–H and O–H groups in total. The number of hydrogen-bond acceptors (Lipinski definition) is 3. The lowest BCUT2D eigenvalue weighted by Gasteiger charge is -2.38. The molecule has 0 fully saturated rings. The zero-order valence-corrected chi connectivity index (χ0v) is 12.8. The minimum atomic E-state index is -4.48. The maximum atomic E-state index is 12.8. The van der Waals surface area contributed by atoms with E-state index in [4.69, 9.17) is 4.52 Å². The van der Waals surface area contributed by atoms with Crippen molar-refractivity contribution in [3.8, 4) is 0 Å². The van der Waals surface area contributed by atoms with Crippen molar-refractivity contribution in [1.82, 2.24) is 0 Å². The summed E-state index contributed by atoms with van der Waals surface area (Å²) in [4.78, 5) is 17.6. The van der Waals surface area contributed by atoms with Crippen LogP contribution in [0.3, 0.4) is 0 Å². The van der Waals surface area contributed by atoms with Gasteiger partial charge in [-0.05, 0) is 26.2 Å². The summed E-state index contributed by atoms with van der Waals surface area (Å²) in [5.41, 5.74) is 0. The SMILES string of the molecule is CCCP(=O)(OCC)C(CC)(CC)P(=O)(O)O. The van der Waals surface area contributed by atoms with Gasteiger partial charge >= 0.3 is 7.60 Å². The van der Waals surface area contributed by atoms with E-state index in [2.05, 4.69) is 0 Å². The fourth-order valence-corrected chi connectivity index (χ4v) is 7.88. The van der Waals surface area contributed by atoms with E-state index < -0.39 is 19.9 Å². The molecule has 0 aromatic carbocycles. The summed E-state index contributed by atoms with van der Waals surface area (Å²) < 4.78 is 29.9. The highest BCUT2D eigenvalue weighted by atomic mass is 31.2. The molecule has 0 saturated carbocycles. The Morgan fingerprint density at radius 2 is 1.53 bits per heavy atom. The van der Waals surface area contributed by atoms with E-state index in [0.29, 0.717) is 6.42 Å². The third-order valence-corrected chi connectivity index (χ3v) is 10.2. The van der Waals surface area contributed by atoms with Gasteiger partial charge in [0.2, 0.25) is 7.37 Å². The Kier molecular flexibility index (Phi) is 6.62. The monoisotopic (exact) mass is 286 g/mol. The van der Waals surface area contributed by atoms with Crippen LogP contribution < -0.4 is 0 Å². The largest absolute Gasteiger partial charge is 0.341 e. The van der Waals surface area contributed by atoms with Gasteiger partial charge in [0, 0.05) is 6.16 Å². The predicted octanol–water partition coefficient (Wildman–Crippen LogP) is 3.41. The first-order chi connectivity index (χ1) is 7.74. The average Bonchev–Trinajstić information content (AvgIpc) is 2.18. The molecule has 0 aliphatic carbocycles. The summed E-state index contributed by atoms with van der Waals surface area (Å²) in [6, 6.07) is 0. The van der Waals surface area contributed by atoms with Crippen molar-refractivity contribution >= 4 is 15.0 Å². The fourth-order valence-electron chi connectivity index (χ4n) is 2.24. The minimum absolute atomic E-state index is 0.158. The van der Waals surface area contributed by atoms with Gasteiger partial charge in [-0.2, -0.15) is 0 Å². The molecule has 0 aromatic rings. The first-order valence-electron chi connectivity index (χ1n) is 6.04. The molecular weight excluding hydrogens is 262 g/mol. The molecule has 0 saturated heterocycles. The van der Waals surface area contributed by atoms with Crippen LogP contribution in [0.1, 0.15) is 47.0 Å². The van der Waals surface area contributed by atoms with E-state index in [9.17, 15) is 18.9 Å². The minimum Gasteiger partial charge on any atom is -0.328 e.